The first-order valence-corrected chi connectivity index (χ1v) is 9.93. The van der Waals surface area contributed by atoms with Gasteiger partial charge in [-0.3, -0.25) is 9.59 Å². The topological polar surface area (TPSA) is 40.6 Å². The quantitative estimate of drug-likeness (QED) is 0.769. The molecule has 0 bridgehead atoms. The molecule has 1 aromatic carbocycles. The van der Waals surface area contributed by atoms with Gasteiger partial charge in [0.15, 0.2) is 0 Å². The van der Waals surface area contributed by atoms with E-state index in [9.17, 15) is 9.59 Å². The fraction of sp³-hybridized carbons (Fsp3) is 0.333. The Bertz CT molecular complexity index is 885. The van der Waals surface area contributed by atoms with Crippen molar-refractivity contribution in [1.82, 2.24) is 4.90 Å². The van der Waals surface area contributed by atoms with Crippen molar-refractivity contribution in [3.63, 3.8) is 0 Å². The molecule has 1 aromatic heterocycles. The fourth-order valence-corrected chi connectivity index (χ4v) is 4.61. The maximum Gasteiger partial charge on any atom is 0.282 e. The van der Waals surface area contributed by atoms with Gasteiger partial charge in [-0.25, -0.2) is 4.90 Å². The molecule has 4 rings (SSSR count). The van der Waals surface area contributed by atoms with Crippen molar-refractivity contribution in [3.8, 4) is 0 Å². The number of hydrogen-bond donors (Lipinski definition) is 0. The van der Waals surface area contributed by atoms with Gasteiger partial charge in [-0.1, -0.05) is 25.1 Å². The minimum absolute atomic E-state index is 0.196. The SMILES string of the molecule is Cc1cccc(N2C(=O)C(c3cccs3)=C(N3CCCC(C)C3)C2=O)c1. The summed E-state index contributed by atoms with van der Waals surface area (Å²) in [4.78, 5) is 31.0. The van der Waals surface area contributed by atoms with Crippen molar-refractivity contribution in [3.05, 3.63) is 57.9 Å². The maximum absolute atomic E-state index is 13.3. The van der Waals surface area contributed by atoms with Crippen LogP contribution in [0.4, 0.5) is 5.69 Å². The standard InChI is InChI=1S/C21H22N2O2S/c1-14-6-3-8-16(12-14)23-20(24)18(17-9-5-11-26-17)19(21(23)25)22-10-4-7-15(2)13-22/h3,5-6,8-9,11-12,15H,4,7,10,13H2,1-2H3. The highest BCUT2D eigenvalue weighted by molar-refractivity contribution is 7.11. The lowest BCUT2D eigenvalue weighted by atomic mass is 9.99. The molecule has 1 atom stereocenters. The van der Waals surface area contributed by atoms with Crippen molar-refractivity contribution >= 4 is 34.4 Å². The number of hydrogen-bond acceptors (Lipinski definition) is 4. The average molecular weight is 366 g/mol. The molecule has 1 saturated heterocycles. The van der Waals surface area contributed by atoms with E-state index >= 15 is 0 Å². The predicted molar refractivity (Wildman–Crippen MR) is 105 cm³/mol. The lowest BCUT2D eigenvalue weighted by molar-refractivity contribution is -0.120. The summed E-state index contributed by atoms with van der Waals surface area (Å²) in [5.41, 5.74) is 2.81. The highest BCUT2D eigenvalue weighted by Crippen LogP contribution is 2.37. The van der Waals surface area contributed by atoms with Crippen molar-refractivity contribution in [2.24, 2.45) is 5.92 Å². The molecular formula is C21H22N2O2S. The average Bonchev–Trinajstić information content (AvgIpc) is 3.21. The number of nitrogens with zero attached hydrogens (tertiary/aromatic N) is 2. The van der Waals surface area contributed by atoms with E-state index in [2.05, 4.69) is 11.8 Å². The van der Waals surface area contributed by atoms with E-state index in [4.69, 9.17) is 0 Å². The summed E-state index contributed by atoms with van der Waals surface area (Å²) in [5.74, 6) is 0.117. The number of piperidine rings is 1. The third-order valence-corrected chi connectivity index (χ3v) is 5.95. The molecule has 5 heteroatoms. The zero-order valence-electron chi connectivity index (χ0n) is 15.1. The van der Waals surface area contributed by atoms with Crippen LogP contribution in [-0.2, 0) is 9.59 Å². The van der Waals surface area contributed by atoms with Crippen molar-refractivity contribution in [2.45, 2.75) is 26.7 Å². The van der Waals surface area contributed by atoms with E-state index in [-0.39, 0.29) is 11.8 Å². The maximum atomic E-state index is 13.3. The highest BCUT2D eigenvalue weighted by atomic mass is 32.1. The van der Waals surface area contributed by atoms with Gasteiger partial charge in [-0.2, -0.15) is 0 Å². The summed E-state index contributed by atoms with van der Waals surface area (Å²) in [6.07, 6.45) is 2.22. The van der Waals surface area contributed by atoms with E-state index < -0.39 is 0 Å². The molecule has 2 aromatic rings. The van der Waals surface area contributed by atoms with Crippen LogP contribution in [0.5, 0.6) is 0 Å². The van der Waals surface area contributed by atoms with Crippen molar-refractivity contribution in [2.75, 3.05) is 18.0 Å². The molecule has 2 aliphatic rings. The van der Waals surface area contributed by atoms with Crippen LogP contribution < -0.4 is 4.90 Å². The summed E-state index contributed by atoms with van der Waals surface area (Å²) < 4.78 is 0. The second-order valence-electron chi connectivity index (χ2n) is 7.18. The molecule has 3 heterocycles. The Morgan fingerprint density at radius 2 is 1.96 bits per heavy atom. The van der Waals surface area contributed by atoms with Crippen LogP contribution in [-0.4, -0.2) is 29.8 Å². The summed E-state index contributed by atoms with van der Waals surface area (Å²) in [7, 11) is 0. The number of carbonyl (C=O) groups excluding carboxylic acids is 2. The van der Waals surface area contributed by atoms with Crippen LogP contribution in [0.1, 0.15) is 30.2 Å². The van der Waals surface area contributed by atoms with Gasteiger partial charge < -0.3 is 4.90 Å². The minimum Gasteiger partial charge on any atom is -0.366 e. The fourth-order valence-electron chi connectivity index (χ4n) is 3.85. The molecule has 0 saturated carbocycles. The Kier molecular flexibility index (Phi) is 4.41. The number of thiophene rings is 1. The summed E-state index contributed by atoms with van der Waals surface area (Å²) in [5, 5.41) is 1.95. The zero-order chi connectivity index (χ0) is 18.3. The van der Waals surface area contributed by atoms with Gasteiger partial charge in [0.05, 0.1) is 11.3 Å². The normalized spacial score (nSPS) is 21.1. The van der Waals surface area contributed by atoms with E-state index in [0.29, 0.717) is 22.9 Å². The van der Waals surface area contributed by atoms with Crippen LogP contribution in [0.15, 0.2) is 47.5 Å². The van der Waals surface area contributed by atoms with Crippen molar-refractivity contribution in [1.29, 1.82) is 0 Å². The Hall–Kier alpha value is -2.40. The molecule has 0 spiro atoms. The third kappa shape index (κ3) is 2.86. The number of benzene rings is 1. The van der Waals surface area contributed by atoms with Crippen LogP contribution >= 0.6 is 11.3 Å². The van der Waals surface area contributed by atoms with Gasteiger partial charge in [0.1, 0.15) is 5.70 Å². The number of rotatable bonds is 3. The predicted octanol–water partition coefficient (Wildman–Crippen LogP) is 4.07. The molecule has 0 radical (unpaired) electrons. The number of anilines is 1. The second-order valence-corrected chi connectivity index (χ2v) is 8.13. The van der Waals surface area contributed by atoms with Gasteiger partial charge in [0, 0.05) is 18.0 Å². The van der Waals surface area contributed by atoms with Gasteiger partial charge in [0.2, 0.25) is 0 Å². The second kappa shape index (κ2) is 6.72. The Labute approximate surface area is 157 Å². The largest absolute Gasteiger partial charge is 0.366 e. The summed E-state index contributed by atoms with van der Waals surface area (Å²) >= 11 is 1.51. The van der Waals surface area contributed by atoms with Crippen molar-refractivity contribution < 1.29 is 9.59 Å². The molecule has 134 valence electrons. The monoisotopic (exact) mass is 366 g/mol. The molecule has 4 nitrogen and oxygen atoms in total. The molecule has 2 aliphatic heterocycles. The molecular weight excluding hydrogens is 344 g/mol. The molecule has 1 fully saturated rings. The van der Waals surface area contributed by atoms with Gasteiger partial charge in [0.25, 0.3) is 11.8 Å². The smallest absolute Gasteiger partial charge is 0.282 e. The first kappa shape index (κ1) is 17.0. The third-order valence-electron chi connectivity index (χ3n) is 5.06. The minimum atomic E-state index is -0.212. The number of amides is 2. The first-order valence-electron chi connectivity index (χ1n) is 9.05. The number of aryl methyl sites for hydroxylation is 1. The molecule has 0 N–H and O–H groups in total. The zero-order valence-corrected chi connectivity index (χ0v) is 15.9. The van der Waals surface area contributed by atoms with Gasteiger partial charge in [-0.05, 0) is 54.8 Å². The highest BCUT2D eigenvalue weighted by Gasteiger charge is 2.43. The Balaban J connectivity index is 1.81. The van der Waals surface area contributed by atoms with Crippen LogP contribution in [0.25, 0.3) is 5.57 Å². The first-order chi connectivity index (χ1) is 12.6. The van der Waals surface area contributed by atoms with E-state index in [0.717, 1.165) is 30.0 Å². The summed E-state index contributed by atoms with van der Waals surface area (Å²) in [6, 6.07) is 11.4. The van der Waals surface area contributed by atoms with E-state index in [1.54, 1.807) is 0 Å². The molecule has 26 heavy (non-hydrogen) atoms. The van der Waals surface area contributed by atoms with E-state index in [1.807, 2.05) is 48.7 Å². The molecule has 1 unspecified atom stereocenters. The van der Waals surface area contributed by atoms with Gasteiger partial charge >= 0.3 is 0 Å². The van der Waals surface area contributed by atoms with Crippen LogP contribution in [0, 0.1) is 12.8 Å². The number of carbonyl (C=O) groups is 2. The lowest BCUT2D eigenvalue weighted by Gasteiger charge is -2.33. The van der Waals surface area contributed by atoms with Crippen LogP contribution in [0.3, 0.4) is 0 Å². The Morgan fingerprint density at radius 1 is 1.12 bits per heavy atom. The summed E-state index contributed by atoms with van der Waals surface area (Å²) in [6.45, 7) is 5.83. The number of imide groups is 1. The van der Waals surface area contributed by atoms with E-state index in [1.165, 1.54) is 22.7 Å². The lowest BCUT2D eigenvalue weighted by Crippen LogP contribution is -2.39. The Morgan fingerprint density at radius 3 is 2.65 bits per heavy atom. The van der Waals surface area contributed by atoms with Gasteiger partial charge in [-0.15, -0.1) is 11.3 Å². The van der Waals surface area contributed by atoms with Crippen LogP contribution in [0.2, 0.25) is 0 Å². The molecule has 2 amide bonds. The molecule has 0 aliphatic carbocycles. The number of likely N-dealkylation sites (tertiary alicyclic amines) is 1.